The lowest BCUT2D eigenvalue weighted by Crippen LogP contribution is -2.44. The van der Waals surface area contributed by atoms with Crippen LogP contribution in [0.15, 0.2) is 0 Å². The van der Waals surface area contributed by atoms with Crippen LogP contribution in [-0.4, -0.2) is 43.0 Å². The van der Waals surface area contributed by atoms with E-state index >= 15 is 0 Å². The Morgan fingerprint density at radius 1 is 1.40 bits per heavy atom. The first-order valence-electron chi connectivity index (χ1n) is 5.73. The second-order valence-corrected chi connectivity index (χ2v) is 4.26. The maximum absolute atomic E-state index is 11.6. The largest absolute Gasteiger partial charge is 0.352 e. The summed E-state index contributed by atoms with van der Waals surface area (Å²) >= 11 is 0. The van der Waals surface area contributed by atoms with E-state index in [9.17, 15) is 4.79 Å². The van der Waals surface area contributed by atoms with E-state index in [4.69, 9.17) is 5.73 Å². The molecule has 1 atom stereocenters. The Morgan fingerprint density at radius 2 is 2.00 bits per heavy atom. The highest BCUT2D eigenvalue weighted by molar-refractivity contribution is 5.78. The molecule has 0 aliphatic carbocycles. The fourth-order valence-corrected chi connectivity index (χ4v) is 1.20. The Balaban J connectivity index is 3.90. The van der Waals surface area contributed by atoms with Gasteiger partial charge in [0.05, 0.1) is 6.54 Å². The van der Waals surface area contributed by atoms with Crippen molar-refractivity contribution >= 4 is 5.91 Å². The molecule has 0 rings (SSSR count). The van der Waals surface area contributed by atoms with Crippen molar-refractivity contribution in [2.24, 2.45) is 11.7 Å². The van der Waals surface area contributed by atoms with Gasteiger partial charge in [-0.05, 0) is 19.4 Å². The van der Waals surface area contributed by atoms with E-state index in [1.807, 2.05) is 18.7 Å². The van der Waals surface area contributed by atoms with E-state index in [-0.39, 0.29) is 11.9 Å². The minimum atomic E-state index is 0.0894. The highest BCUT2D eigenvalue weighted by Crippen LogP contribution is 1.99. The van der Waals surface area contributed by atoms with E-state index < -0.39 is 0 Å². The highest BCUT2D eigenvalue weighted by atomic mass is 16.2. The lowest BCUT2D eigenvalue weighted by molar-refractivity contribution is -0.123. The molecule has 0 radical (unpaired) electrons. The smallest absolute Gasteiger partial charge is 0.234 e. The third-order valence-electron chi connectivity index (χ3n) is 2.65. The zero-order valence-electron chi connectivity index (χ0n) is 10.4. The molecule has 0 aromatic rings. The Hall–Kier alpha value is -0.610. The van der Waals surface area contributed by atoms with Crippen LogP contribution in [0.25, 0.3) is 0 Å². The van der Waals surface area contributed by atoms with Gasteiger partial charge < -0.3 is 11.1 Å². The topological polar surface area (TPSA) is 58.4 Å². The number of nitrogens with two attached hydrogens (primary N) is 1. The molecule has 0 heterocycles. The van der Waals surface area contributed by atoms with Crippen molar-refractivity contribution in [3.8, 4) is 0 Å². The monoisotopic (exact) mass is 215 g/mol. The van der Waals surface area contributed by atoms with Crippen molar-refractivity contribution in [3.63, 3.8) is 0 Å². The van der Waals surface area contributed by atoms with E-state index in [2.05, 4.69) is 19.2 Å². The maximum Gasteiger partial charge on any atom is 0.234 e. The predicted octanol–water partition coefficient (Wildman–Crippen LogP) is 0.428. The van der Waals surface area contributed by atoms with Gasteiger partial charge in [0.1, 0.15) is 0 Å². The number of hydrogen-bond donors (Lipinski definition) is 2. The van der Waals surface area contributed by atoms with Crippen LogP contribution < -0.4 is 11.1 Å². The summed E-state index contributed by atoms with van der Waals surface area (Å²) in [7, 11) is 0. The van der Waals surface area contributed by atoms with Gasteiger partial charge in [0.25, 0.3) is 0 Å². The standard InChI is InChI=1S/C11H25N3O/c1-5-14(7-6-12)8-11(15)13-10(4)9(2)3/h9-10H,5-8,12H2,1-4H3,(H,13,15). The van der Waals surface area contributed by atoms with Gasteiger partial charge in [-0.15, -0.1) is 0 Å². The maximum atomic E-state index is 11.6. The fraction of sp³-hybridized carbons (Fsp3) is 0.909. The molecule has 0 fully saturated rings. The Morgan fingerprint density at radius 3 is 2.40 bits per heavy atom. The van der Waals surface area contributed by atoms with Gasteiger partial charge in [-0.25, -0.2) is 0 Å². The third kappa shape index (κ3) is 6.47. The normalized spacial score (nSPS) is 13.3. The molecule has 0 aliphatic rings. The average Bonchev–Trinajstić information content (AvgIpc) is 2.16. The molecule has 90 valence electrons. The van der Waals surface area contributed by atoms with Crippen LogP contribution >= 0.6 is 0 Å². The molecule has 3 N–H and O–H groups in total. The molecule has 0 aliphatic heterocycles. The second-order valence-electron chi connectivity index (χ2n) is 4.26. The number of amides is 1. The second kappa shape index (κ2) is 7.65. The van der Waals surface area contributed by atoms with Gasteiger partial charge in [0, 0.05) is 19.1 Å². The lowest BCUT2D eigenvalue weighted by Gasteiger charge is -2.22. The molecule has 15 heavy (non-hydrogen) atoms. The number of hydrogen-bond acceptors (Lipinski definition) is 3. The highest BCUT2D eigenvalue weighted by Gasteiger charge is 2.12. The van der Waals surface area contributed by atoms with Crippen molar-refractivity contribution in [3.05, 3.63) is 0 Å². The fourth-order valence-electron chi connectivity index (χ4n) is 1.20. The van der Waals surface area contributed by atoms with Gasteiger partial charge in [-0.2, -0.15) is 0 Å². The first-order chi connectivity index (χ1) is 7.01. The van der Waals surface area contributed by atoms with Crippen molar-refractivity contribution in [1.82, 2.24) is 10.2 Å². The Kier molecular flexibility index (Phi) is 7.34. The third-order valence-corrected chi connectivity index (χ3v) is 2.65. The van der Waals surface area contributed by atoms with Crippen LogP contribution in [0.2, 0.25) is 0 Å². The van der Waals surface area contributed by atoms with Crippen LogP contribution in [0, 0.1) is 5.92 Å². The summed E-state index contributed by atoms with van der Waals surface area (Å²) in [6.07, 6.45) is 0. The lowest BCUT2D eigenvalue weighted by atomic mass is 10.1. The molecule has 4 heteroatoms. The van der Waals surface area contributed by atoms with E-state index in [1.54, 1.807) is 0 Å². The van der Waals surface area contributed by atoms with Crippen LogP contribution in [0.4, 0.5) is 0 Å². The summed E-state index contributed by atoms with van der Waals surface area (Å²) in [5, 5.41) is 2.98. The summed E-state index contributed by atoms with van der Waals surface area (Å²) in [6, 6.07) is 0.231. The molecule has 0 aromatic heterocycles. The number of nitrogens with zero attached hydrogens (tertiary/aromatic N) is 1. The zero-order valence-corrected chi connectivity index (χ0v) is 10.4. The van der Waals surface area contributed by atoms with E-state index in [0.717, 1.165) is 13.1 Å². The molecular formula is C11H25N3O. The summed E-state index contributed by atoms with van der Waals surface area (Å²) in [4.78, 5) is 13.7. The molecule has 0 saturated heterocycles. The van der Waals surface area contributed by atoms with Crippen LogP contribution in [0.1, 0.15) is 27.7 Å². The SMILES string of the molecule is CCN(CCN)CC(=O)NC(C)C(C)C. The molecule has 1 unspecified atom stereocenters. The average molecular weight is 215 g/mol. The molecule has 0 bridgehead atoms. The minimum absolute atomic E-state index is 0.0894. The molecule has 1 amide bonds. The van der Waals surface area contributed by atoms with Crippen molar-refractivity contribution in [2.45, 2.75) is 33.7 Å². The minimum Gasteiger partial charge on any atom is -0.352 e. The molecule has 0 spiro atoms. The van der Waals surface area contributed by atoms with Crippen molar-refractivity contribution in [2.75, 3.05) is 26.2 Å². The summed E-state index contributed by atoms with van der Waals surface area (Å²) in [6.45, 7) is 11.0. The number of likely N-dealkylation sites (N-methyl/N-ethyl adjacent to an activating group) is 1. The van der Waals surface area contributed by atoms with Crippen molar-refractivity contribution in [1.29, 1.82) is 0 Å². The quantitative estimate of drug-likeness (QED) is 0.647. The molecule has 4 nitrogen and oxygen atoms in total. The molecular weight excluding hydrogens is 190 g/mol. The van der Waals surface area contributed by atoms with Gasteiger partial charge in [0.2, 0.25) is 5.91 Å². The van der Waals surface area contributed by atoms with Gasteiger partial charge in [0.15, 0.2) is 0 Å². The van der Waals surface area contributed by atoms with Gasteiger partial charge >= 0.3 is 0 Å². The van der Waals surface area contributed by atoms with Crippen LogP contribution in [-0.2, 0) is 4.79 Å². The first-order valence-corrected chi connectivity index (χ1v) is 5.73. The first kappa shape index (κ1) is 14.4. The summed E-state index contributed by atoms with van der Waals surface area (Å²) < 4.78 is 0. The number of nitrogens with one attached hydrogen (secondary N) is 1. The number of rotatable bonds is 7. The molecule has 0 aromatic carbocycles. The Bertz CT molecular complexity index is 183. The van der Waals surface area contributed by atoms with E-state index in [0.29, 0.717) is 19.0 Å². The zero-order chi connectivity index (χ0) is 11.8. The number of carbonyl (C=O) groups is 1. The summed E-state index contributed by atoms with van der Waals surface area (Å²) in [5.41, 5.74) is 5.46. The number of carbonyl (C=O) groups excluding carboxylic acids is 1. The van der Waals surface area contributed by atoms with Crippen LogP contribution in [0.3, 0.4) is 0 Å². The predicted molar refractivity (Wildman–Crippen MR) is 63.6 cm³/mol. The van der Waals surface area contributed by atoms with Gasteiger partial charge in [-0.1, -0.05) is 20.8 Å². The summed E-state index contributed by atoms with van der Waals surface area (Å²) in [5.74, 6) is 0.560. The van der Waals surface area contributed by atoms with Gasteiger partial charge in [-0.3, -0.25) is 9.69 Å². The van der Waals surface area contributed by atoms with Crippen LogP contribution in [0.5, 0.6) is 0 Å². The van der Waals surface area contributed by atoms with E-state index in [1.165, 1.54) is 0 Å². The van der Waals surface area contributed by atoms with Crippen molar-refractivity contribution < 1.29 is 4.79 Å². The molecule has 0 saturated carbocycles. The Labute approximate surface area is 93.2 Å².